The predicted octanol–water partition coefficient (Wildman–Crippen LogP) is 6.58. The molecule has 1 saturated carbocycles. The van der Waals surface area contributed by atoms with Crippen LogP contribution in [-0.2, 0) is 22.6 Å². The standard InChI is InChI=1S/C25H28Cl3FN2O2/c1-2-23(25(33)30-16-8-4-3-5-9-16)31(15-18-20(27)10-6-11-21(18)28)24(32)14-17-19(26)12-7-13-22(17)29/h6-7,10-13,16,23H,2-5,8-9,14-15H2,1H3,(H,30,33)/t23-/m1/s1. The normalized spacial score (nSPS) is 15.2. The van der Waals surface area contributed by atoms with Crippen molar-refractivity contribution in [3.8, 4) is 0 Å². The molecule has 1 aliphatic carbocycles. The molecule has 0 unspecified atom stereocenters. The fourth-order valence-electron chi connectivity index (χ4n) is 4.27. The van der Waals surface area contributed by atoms with Gasteiger partial charge in [0.25, 0.3) is 0 Å². The van der Waals surface area contributed by atoms with Gasteiger partial charge < -0.3 is 10.2 Å². The molecule has 2 aromatic rings. The van der Waals surface area contributed by atoms with Crippen LogP contribution in [0.15, 0.2) is 36.4 Å². The number of hydrogen-bond acceptors (Lipinski definition) is 2. The van der Waals surface area contributed by atoms with Gasteiger partial charge in [-0.1, -0.05) is 73.1 Å². The SMILES string of the molecule is CC[C@H](C(=O)NC1CCCCC1)N(Cc1c(Cl)cccc1Cl)C(=O)Cc1c(F)cccc1Cl. The molecule has 0 radical (unpaired) electrons. The highest BCUT2D eigenvalue weighted by atomic mass is 35.5. The van der Waals surface area contributed by atoms with Crippen LogP contribution in [0.3, 0.4) is 0 Å². The highest BCUT2D eigenvalue weighted by molar-refractivity contribution is 6.36. The molecule has 4 nitrogen and oxygen atoms in total. The maximum atomic E-state index is 14.4. The fourth-order valence-corrected chi connectivity index (χ4v) is 5.02. The topological polar surface area (TPSA) is 49.4 Å². The Hall–Kier alpha value is -1.82. The van der Waals surface area contributed by atoms with Crippen molar-refractivity contribution in [1.82, 2.24) is 10.2 Å². The zero-order chi connectivity index (χ0) is 24.0. The number of nitrogens with zero attached hydrogens (tertiary/aromatic N) is 1. The third kappa shape index (κ3) is 6.62. The minimum absolute atomic E-state index is 0.0278. The molecule has 0 saturated heterocycles. The molecule has 178 valence electrons. The van der Waals surface area contributed by atoms with Crippen molar-refractivity contribution in [2.24, 2.45) is 0 Å². The summed E-state index contributed by atoms with van der Waals surface area (Å²) >= 11 is 18.9. The van der Waals surface area contributed by atoms with Crippen LogP contribution in [0, 0.1) is 5.82 Å². The van der Waals surface area contributed by atoms with Crippen molar-refractivity contribution < 1.29 is 14.0 Å². The van der Waals surface area contributed by atoms with E-state index in [1.165, 1.54) is 29.5 Å². The maximum absolute atomic E-state index is 14.4. The number of rotatable bonds is 8. The van der Waals surface area contributed by atoms with Crippen molar-refractivity contribution in [3.05, 3.63) is 68.4 Å². The first-order chi connectivity index (χ1) is 15.8. The first-order valence-corrected chi connectivity index (χ1v) is 12.4. The van der Waals surface area contributed by atoms with E-state index in [1.54, 1.807) is 18.2 Å². The molecule has 0 spiro atoms. The van der Waals surface area contributed by atoms with E-state index in [-0.39, 0.29) is 35.5 Å². The molecule has 3 rings (SSSR count). The minimum atomic E-state index is -0.752. The smallest absolute Gasteiger partial charge is 0.243 e. The number of benzene rings is 2. The summed E-state index contributed by atoms with van der Waals surface area (Å²) in [5.74, 6) is -1.21. The van der Waals surface area contributed by atoms with E-state index < -0.39 is 17.8 Å². The Morgan fingerprint density at radius 2 is 1.58 bits per heavy atom. The quantitative estimate of drug-likeness (QED) is 0.433. The van der Waals surface area contributed by atoms with Crippen LogP contribution >= 0.6 is 34.8 Å². The zero-order valence-electron chi connectivity index (χ0n) is 18.6. The third-order valence-corrected chi connectivity index (χ3v) is 7.18. The van der Waals surface area contributed by atoms with Crippen LogP contribution in [0.1, 0.15) is 56.6 Å². The minimum Gasteiger partial charge on any atom is -0.352 e. The van der Waals surface area contributed by atoms with Crippen molar-refractivity contribution in [2.45, 2.75) is 70.5 Å². The van der Waals surface area contributed by atoms with E-state index in [0.717, 1.165) is 25.7 Å². The highest BCUT2D eigenvalue weighted by Crippen LogP contribution is 2.28. The molecule has 1 atom stereocenters. The average molecular weight is 514 g/mol. The average Bonchev–Trinajstić information content (AvgIpc) is 2.78. The molecule has 0 bridgehead atoms. The van der Waals surface area contributed by atoms with Gasteiger partial charge in [-0.25, -0.2) is 4.39 Å². The summed E-state index contributed by atoms with van der Waals surface area (Å²) in [5, 5.41) is 4.06. The Labute approximate surface area is 209 Å². The monoisotopic (exact) mass is 512 g/mol. The van der Waals surface area contributed by atoms with Gasteiger partial charge >= 0.3 is 0 Å². The van der Waals surface area contributed by atoms with Crippen LogP contribution in [0.2, 0.25) is 15.1 Å². The van der Waals surface area contributed by atoms with Gasteiger partial charge in [0.2, 0.25) is 11.8 Å². The van der Waals surface area contributed by atoms with Crippen LogP contribution in [0.4, 0.5) is 4.39 Å². The van der Waals surface area contributed by atoms with Crippen LogP contribution in [0.5, 0.6) is 0 Å². The second kappa shape index (κ2) is 12.0. The largest absolute Gasteiger partial charge is 0.352 e. The van der Waals surface area contributed by atoms with E-state index in [2.05, 4.69) is 5.32 Å². The molecule has 2 aromatic carbocycles. The number of carbonyl (C=O) groups excluding carboxylic acids is 2. The van der Waals surface area contributed by atoms with Gasteiger partial charge in [-0.2, -0.15) is 0 Å². The molecule has 0 heterocycles. The van der Waals surface area contributed by atoms with E-state index in [9.17, 15) is 14.0 Å². The zero-order valence-corrected chi connectivity index (χ0v) is 20.8. The predicted molar refractivity (Wildman–Crippen MR) is 131 cm³/mol. The number of amides is 2. The summed E-state index contributed by atoms with van der Waals surface area (Å²) in [7, 11) is 0. The van der Waals surface area contributed by atoms with Gasteiger partial charge in [-0.05, 0) is 43.5 Å². The first kappa shape index (κ1) is 25.8. The highest BCUT2D eigenvalue weighted by Gasteiger charge is 2.32. The van der Waals surface area contributed by atoms with Gasteiger partial charge in [-0.3, -0.25) is 9.59 Å². The fraction of sp³-hybridized carbons (Fsp3) is 0.440. The van der Waals surface area contributed by atoms with E-state index in [4.69, 9.17) is 34.8 Å². The number of nitrogens with one attached hydrogen (secondary N) is 1. The Morgan fingerprint density at radius 1 is 1.00 bits per heavy atom. The van der Waals surface area contributed by atoms with Gasteiger partial charge in [0.05, 0.1) is 6.42 Å². The van der Waals surface area contributed by atoms with Gasteiger partial charge in [0, 0.05) is 38.8 Å². The van der Waals surface area contributed by atoms with Crippen molar-refractivity contribution in [3.63, 3.8) is 0 Å². The molecular weight excluding hydrogens is 486 g/mol. The van der Waals surface area contributed by atoms with Gasteiger partial charge in [0.1, 0.15) is 11.9 Å². The second-order valence-electron chi connectivity index (χ2n) is 8.37. The van der Waals surface area contributed by atoms with Gasteiger partial charge in [-0.15, -0.1) is 0 Å². The van der Waals surface area contributed by atoms with E-state index >= 15 is 0 Å². The lowest BCUT2D eigenvalue weighted by Gasteiger charge is -2.33. The summed E-state index contributed by atoms with van der Waals surface area (Å²) in [5.41, 5.74) is 0.639. The van der Waals surface area contributed by atoms with Crippen LogP contribution in [0.25, 0.3) is 0 Å². The number of hydrogen-bond donors (Lipinski definition) is 1. The van der Waals surface area contributed by atoms with Crippen molar-refractivity contribution in [2.75, 3.05) is 0 Å². The maximum Gasteiger partial charge on any atom is 0.243 e. The van der Waals surface area contributed by atoms with Crippen LogP contribution in [-0.4, -0.2) is 28.8 Å². The molecule has 1 fully saturated rings. The Morgan fingerprint density at radius 3 is 2.15 bits per heavy atom. The molecule has 2 amide bonds. The summed E-state index contributed by atoms with van der Waals surface area (Å²) in [6.07, 6.45) is 5.28. The molecule has 1 aliphatic rings. The number of halogens is 4. The van der Waals surface area contributed by atoms with Gasteiger partial charge in [0.15, 0.2) is 0 Å². The first-order valence-electron chi connectivity index (χ1n) is 11.3. The molecule has 1 N–H and O–H groups in total. The van der Waals surface area contributed by atoms with E-state index in [0.29, 0.717) is 22.0 Å². The third-order valence-electron chi connectivity index (χ3n) is 6.12. The lowest BCUT2D eigenvalue weighted by Crippen LogP contribution is -2.52. The molecule has 8 heteroatoms. The molecular formula is C25H28Cl3FN2O2. The van der Waals surface area contributed by atoms with Crippen molar-refractivity contribution >= 4 is 46.6 Å². The summed E-state index contributed by atoms with van der Waals surface area (Å²) in [6.45, 7) is 1.87. The van der Waals surface area contributed by atoms with Crippen molar-refractivity contribution in [1.29, 1.82) is 0 Å². The molecule has 0 aliphatic heterocycles. The van der Waals surface area contributed by atoms with E-state index in [1.807, 2.05) is 6.92 Å². The summed E-state index contributed by atoms with van der Waals surface area (Å²) in [4.78, 5) is 28.2. The lowest BCUT2D eigenvalue weighted by molar-refractivity contribution is -0.141. The lowest BCUT2D eigenvalue weighted by atomic mass is 9.95. The molecule has 33 heavy (non-hydrogen) atoms. The Balaban J connectivity index is 1.90. The summed E-state index contributed by atoms with van der Waals surface area (Å²) < 4.78 is 14.4. The number of carbonyl (C=O) groups is 2. The second-order valence-corrected chi connectivity index (χ2v) is 9.59. The molecule has 0 aromatic heterocycles. The summed E-state index contributed by atoms with van der Waals surface area (Å²) in [6, 6.07) is 8.71. The van der Waals surface area contributed by atoms with Crippen LogP contribution < -0.4 is 5.32 Å². The Kier molecular flexibility index (Phi) is 9.42. The Bertz CT molecular complexity index is 955.